The minimum atomic E-state index is -0.706. The van der Waals surface area contributed by atoms with E-state index in [9.17, 15) is 9.90 Å². The fourth-order valence-electron chi connectivity index (χ4n) is 4.16. The molecule has 2 heterocycles. The van der Waals surface area contributed by atoms with E-state index >= 15 is 0 Å². The van der Waals surface area contributed by atoms with E-state index < -0.39 is 6.10 Å². The number of pyridine rings is 1. The predicted octanol–water partition coefficient (Wildman–Crippen LogP) is 4.92. The normalized spacial score (nSPS) is 20.8. The highest BCUT2D eigenvalue weighted by atomic mass is 35.5. The second-order valence-corrected chi connectivity index (χ2v) is 8.61. The lowest BCUT2D eigenvalue weighted by molar-refractivity contribution is -0.137. The van der Waals surface area contributed by atoms with Crippen LogP contribution in [0.3, 0.4) is 0 Å². The number of likely N-dealkylation sites (tertiary alicyclic amines) is 1. The topological polar surface area (TPSA) is 53.4 Å². The summed E-state index contributed by atoms with van der Waals surface area (Å²) in [6, 6.07) is 7.08. The van der Waals surface area contributed by atoms with Crippen LogP contribution in [0.15, 0.2) is 36.7 Å². The second-order valence-electron chi connectivity index (χ2n) is 7.80. The molecule has 1 aliphatic heterocycles. The van der Waals surface area contributed by atoms with E-state index in [0.717, 1.165) is 43.2 Å². The summed E-state index contributed by atoms with van der Waals surface area (Å²) in [5.74, 6) is 0.538. The third-order valence-electron chi connectivity index (χ3n) is 5.80. The first-order chi connectivity index (χ1) is 13.5. The van der Waals surface area contributed by atoms with Gasteiger partial charge in [-0.2, -0.15) is 0 Å². The van der Waals surface area contributed by atoms with Gasteiger partial charge in [0.05, 0.1) is 22.5 Å². The fraction of sp³-hybridized carbons (Fsp3) is 0.455. The summed E-state index contributed by atoms with van der Waals surface area (Å²) < 4.78 is 0. The first-order valence-electron chi connectivity index (χ1n) is 9.90. The zero-order valence-electron chi connectivity index (χ0n) is 15.7. The molecule has 1 saturated carbocycles. The first-order valence-corrected chi connectivity index (χ1v) is 10.7. The number of benzene rings is 1. The number of carbonyl (C=O) groups excluding carboxylic acids is 1. The van der Waals surface area contributed by atoms with Crippen molar-refractivity contribution < 1.29 is 9.90 Å². The van der Waals surface area contributed by atoms with Gasteiger partial charge in [0, 0.05) is 24.5 Å². The van der Waals surface area contributed by atoms with Gasteiger partial charge in [-0.3, -0.25) is 9.78 Å². The third kappa shape index (κ3) is 4.19. The number of piperidine rings is 1. The maximum absolute atomic E-state index is 13.1. The minimum Gasteiger partial charge on any atom is -0.386 e. The standard InChI is InChI=1S/C22H24Cl2N2O2/c23-18-7-4-14(11-19(18)24)12-21(27)26-10-2-1-3-20(26)22(28)17-13-25-9-8-16(17)15-5-6-15/h4,7-9,11,13,15,20,22,28H,1-3,5-6,10,12H2/t20-,22?/m0/s1. The Morgan fingerprint density at radius 3 is 2.75 bits per heavy atom. The number of aliphatic hydroxyl groups is 1. The highest BCUT2D eigenvalue weighted by molar-refractivity contribution is 6.42. The van der Waals surface area contributed by atoms with Gasteiger partial charge >= 0.3 is 0 Å². The molecule has 2 aliphatic rings. The van der Waals surface area contributed by atoms with Crippen LogP contribution >= 0.6 is 23.2 Å². The van der Waals surface area contributed by atoms with Crippen LogP contribution in [0.25, 0.3) is 0 Å². The summed E-state index contributed by atoms with van der Waals surface area (Å²) in [5.41, 5.74) is 2.90. The number of amides is 1. The zero-order chi connectivity index (χ0) is 19.7. The summed E-state index contributed by atoms with van der Waals surface area (Å²) in [7, 11) is 0. The molecular formula is C22H24Cl2N2O2. The van der Waals surface area contributed by atoms with Crippen molar-refractivity contribution in [2.45, 2.75) is 56.6 Å². The zero-order valence-corrected chi connectivity index (χ0v) is 17.2. The van der Waals surface area contributed by atoms with Crippen LogP contribution in [0, 0.1) is 0 Å². The number of aliphatic hydroxyl groups excluding tert-OH is 1. The molecule has 148 valence electrons. The highest BCUT2D eigenvalue weighted by Gasteiger charge is 2.36. The molecule has 2 atom stereocenters. The Morgan fingerprint density at radius 2 is 2.00 bits per heavy atom. The molecule has 0 radical (unpaired) electrons. The van der Waals surface area contributed by atoms with Gasteiger partial charge in [-0.15, -0.1) is 0 Å². The number of carbonyl (C=O) groups is 1. The molecule has 0 spiro atoms. The summed E-state index contributed by atoms with van der Waals surface area (Å²) in [6.45, 7) is 0.668. The Morgan fingerprint density at radius 1 is 1.18 bits per heavy atom. The fourth-order valence-corrected chi connectivity index (χ4v) is 4.48. The molecule has 1 unspecified atom stereocenters. The van der Waals surface area contributed by atoms with Crippen LogP contribution in [-0.2, 0) is 11.2 Å². The minimum absolute atomic E-state index is 0.0130. The average molecular weight is 419 g/mol. The molecule has 1 aliphatic carbocycles. The van der Waals surface area contributed by atoms with Crippen molar-refractivity contribution in [2.24, 2.45) is 0 Å². The van der Waals surface area contributed by atoms with Gasteiger partial charge in [0.15, 0.2) is 0 Å². The van der Waals surface area contributed by atoms with Crippen LogP contribution in [0.4, 0.5) is 0 Å². The smallest absolute Gasteiger partial charge is 0.227 e. The van der Waals surface area contributed by atoms with Gasteiger partial charge in [0.25, 0.3) is 0 Å². The molecule has 1 saturated heterocycles. The van der Waals surface area contributed by atoms with Gasteiger partial charge in [-0.05, 0) is 67.3 Å². The molecular weight excluding hydrogens is 395 g/mol. The summed E-state index contributed by atoms with van der Waals surface area (Å²) in [4.78, 5) is 19.1. The average Bonchev–Trinajstić information content (AvgIpc) is 3.55. The number of hydrogen-bond donors (Lipinski definition) is 1. The molecule has 2 aromatic rings. The Balaban J connectivity index is 1.54. The third-order valence-corrected chi connectivity index (χ3v) is 6.54. The SMILES string of the molecule is O=C(Cc1ccc(Cl)c(Cl)c1)N1CCCC[C@H]1C(O)c1cnccc1C1CC1. The number of rotatable bonds is 5. The molecule has 0 bridgehead atoms. The lowest BCUT2D eigenvalue weighted by Crippen LogP contribution is -2.47. The number of aromatic nitrogens is 1. The van der Waals surface area contributed by atoms with Crippen LogP contribution in [0.2, 0.25) is 10.0 Å². The van der Waals surface area contributed by atoms with Crippen molar-refractivity contribution in [1.82, 2.24) is 9.88 Å². The van der Waals surface area contributed by atoms with Crippen molar-refractivity contribution in [3.05, 3.63) is 63.4 Å². The molecule has 6 heteroatoms. The van der Waals surface area contributed by atoms with E-state index in [1.54, 1.807) is 24.5 Å². The number of halogens is 2. The maximum Gasteiger partial charge on any atom is 0.227 e. The van der Waals surface area contributed by atoms with Crippen LogP contribution < -0.4 is 0 Å². The van der Waals surface area contributed by atoms with Gasteiger partial charge in [0.1, 0.15) is 6.10 Å². The molecule has 1 amide bonds. The van der Waals surface area contributed by atoms with E-state index in [1.807, 2.05) is 17.0 Å². The quantitative estimate of drug-likeness (QED) is 0.748. The van der Waals surface area contributed by atoms with Crippen molar-refractivity contribution in [3.63, 3.8) is 0 Å². The predicted molar refractivity (Wildman–Crippen MR) is 111 cm³/mol. The monoisotopic (exact) mass is 418 g/mol. The molecule has 1 aromatic heterocycles. The van der Waals surface area contributed by atoms with Gasteiger partial charge < -0.3 is 10.0 Å². The van der Waals surface area contributed by atoms with Gasteiger partial charge in [0.2, 0.25) is 5.91 Å². The Kier molecular flexibility index (Phi) is 5.91. The molecule has 2 fully saturated rings. The summed E-state index contributed by atoms with van der Waals surface area (Å²) >= 11 is 12.1. The summed E-state index contributed by atoms with van der Waals surface area (Å²) in [6.07, 6.45) is 8.20. The lowest BCUT2D eigenvalue weighted by atomic mass is 9.90. The van der Waals surface area contributed by atoms with E-state index in [4.69, 9.17) is 23.2 Å². The lowest BCUT2D eigenvalue weighted by Gasteiger charge is -2.39. The molecule has 1 N–H and O–H groups in total. The molecule has 1 aromatic carbocycles. The first kappa shape index (κ1) is 19.7. The Labute approximate surface area is 175 Å². The van der Waals surface area contributed by atoms with E-state index in [1.165, 1.54) is 5.56 Å². The highest BCUT2D eigenvalue weighted by Crippen LogP contribution is 2.44. The second kappa shape index (κ2) is 8.40. The van der Waals surface area contributed by atoms with Gasteiger partial charge in [-0.25, -0.2) is 0 Å². The summed E-state index contributed by atoms with van der Waals surface area (Å²) in [5, 5.41) is 12.1. The largest absolute Gasteiger partial charge is 0.386 e. The molecule has 28 heavy (non-hydrogen) atoms. The molecule has 4 rings (SSSR count). The Hall–Kier alpha value is -1.62. The van der Waals surface area contributed by atoms with Crippen LogP contribution in [0.1, 0.15) is 60.8 Å². The van der Waals surface area contributed by atoms with Crippen molar-refractivity contribution in [2.75, 3.05) is 6.54 Å². The number of hydrogen-bond acceptors (Lipinski definition) is 3. The maximum atomic E-state index is 13.1. The Bertz CT molecular complexity index is 869. The van der Waals surface area contributed by atoms with E-state index in [-0.39, 0.29) is 18.4 Å². The van der Waals surface area contributed by atoms with Gasteiger partial charge in [-0.1, -0.05) is 29.3 Å². The van der Waals surface area contributed by atoms with Crippen molar-refractivity contribution in [3.8, 4) is 0 Å². The molecule has 4 nitrogen and oxygen atoms in total. The van der Waals surface area contributed by atoms with E-state index in [2.05, 4.69) is 4.98 Å². The number of nitrogens with zero attached hydrogens (tertiary/aromatic N) is 2. The van der Waals surface area contributed by atoms with Crippen LogP contribution in [0.5, 0.6) is 0 Å². The van der Waals surface area contributed by atoms with Crippen molar-refractivity contribution in [1.29, 1.82) is 0 Å². The van der Waals surface area contributed by atoms with E-state index in [0.29, 0.717) is 22.5 Å². The van der Waals surface area contributed by atoms with Crippen molar-refractivity contribution >= 4 is 29.1 Å². The van der Waals surface area contributed by atoms with Crippen LogP contribution in [-0.4, -0.2) is 33.5 Å².